The minimum Gasteiger partial charge on any atom is -0.383 e. The lowest BCUT2D eigenvalue weighted by Gasteiger charge is -2.17. The van der Waals surface area contributed by atoms with Crippen LogP contribution in [0.3, 0.4) is 0 Å². The van der Waals surface area contributed by atoms with Gasteiger partial charge in [-0.1, -0.05) is 0 Å². The number of anilines is 2. The fourth-order valence-electron chi connectivity index (χ4n) is 2.85. The molecular formula is C15H21N3O. The number of hydrogen-bond donors (Lipinski definition) is 2. The summed E-state index contributed by atoms with van der Waals surface area (Å²) >= 11 is 0. The Morgan fingerprint density at radius 2 is 2.11 bits per heavy atom. The topological polar surface area (TPSA) is 44.4 Å². The van der Waals surface area contributed by atoms with Crippen LogP contribution in [0.4, 0.5) is 11.4 Å². The van der Waals surface area contributed by atoms with E-state index in [0.717, 1.165) is 37.4 Å². The molecule has 0 aliphatic carbocycles. The molecule has 2 aliphatic heterocycles. The quantitative estimate of drug-likeness (QED) is 0.869. The van der Waals surface area contributed by atoms with Crippen LogP contribution in [0.2, 0.25) is 0 Å². The van der Waals surface area contributed by atoms with Crippen LogP contribution < -0.4 is 15.5 Å². The molecule has 2 N–H and O–H groups in total. The fraction of sp³-hybridized carbons (Fsp3) is 0.533. The van der Waals surface area contributed by atoms with Crippen LogP contribution >= 0.6 is 0 Å². The summed E-state index contributed by atoms with van der Waals surface area (Å²) in [4.78, 5) is 13.5. The third-order valence-electron chi connectivity index (χ3n) is 3.97. The van der Waals surface area contributed by atoms with Crippen LogP contribution in [0.25, 0.3) is 0 Å². The molecule has 3 rings (SSSR count). The molecule has 2 fully saturated rings. The van der Waals surface area contributed by atoms with Gasteiger partial charge in [-0.2, -0.15) is 0 Å². The average Bonchev–Trinajstić information content (AvgIpc) is 3.08. The number of benzene rings is 1. The fourth-order valence-corrected chi connectivity index (χ4v) is 2.85. The molecule has 19 heavy (non-hydrogen) atoms. The van der Waals surface area contributed by atoms with E-state index in [4.69, 9.17) is 0 Å². The standard InChI is InChI=1S/C15H21N3O/c19-15-4-2-10-18(15)14-7-5-12(6-8-14)17-11-13-3-1-9-16-13/h5-8,13,16-17H,1-4,9-11H2. The predicted molar refractivity (Wildman–Crippen MR) is 77.5 cm³/mol. The highest BCUT2D eigenvalue weighted by molar-refractivity contribution is 5.95. The van der Waals surface area contributed by atoms with Crippen molar-refractivity contribution in [2.75, 3.05) is 29.9 Å². The van der Waals surface area contributed by atoms with E-state index in [2.05, 4.69) is 22.8 Å². The van der Waals surface area contributed by atoms with Crippen molar-refractivity contribution in [1.29, 1.82) is 0 Å². The van der Waals surface area contributed by atoms with Crippen molar-refractivity contribution in [2.24, 2.45) is 0 Å². The van der Waals surface area contributed by atoms with Crippen molar-refractivity contribution >= 4 is 17.3 Å². The van der Waals surface area contributed by atoms with Gasteiger partial charge < -0.3 is 15.5 Å². The van der Waals surface area contributed by atoms with Gasteiger partial charge in [-0.15, -0.1) is 0 Å². The van der Waals surface area contributed by atoms with Crippen LogP contribution in [0.1, 0.15) is 25.7 Å². The van der Waals surface area contributed by atoms with Crippen molar-refractivity contribution < 1.29 is 4.79 Å². The molecule has 0 radical (unpaired) electrons. The minimum atomic E-state index is 0.246. The van der Waals surface area contributed by atoms with E-state index in [9.17, 15) is 4.79 Å². The Morgan fingerprint density at radius 3 is 2.74 bits per heavy atom. The molecule has 1 aromatic rings. The van der Waals surface area contributed by atoms with Gasteiger partial charge in [0.15, 0.2) is 0 Å². The number of amides is 1. The van der Waals surface area contributed by atoms with Gasteiger partial charge in [0, 0.05) is 36.9 Å². The molecule has 2 aliphatic rings. The number of hydrogen-bond acceptors (Lipinski definition) is 3. The summed E-state index contributed by atoms with van der Waals surface area (Å²) in [6.07, 6.45) is 4.20. The Balaban J connectivity index is 1.57. The highest BCUT2D eigenvalue weighted by atomic mass is 16.2. The molecule has 1 unspecified atom stereocenters. The molecular weight excluding hydrogens is 238 g/mol. The second-order valence-electron chi connectivity index (χ2n) is 5.37. The summed E-state index contributed by atoms with van der Waals surface area (Å²) in [7, 11) is 0. The van der Waals surface area contributed by atoms with E-state index in [0.29, 0.717) is 12.5 Å². The van der Waals surface area contributed by atoms with Gasteiger partial charge in [0.25, 0.3) is 0 Å². The average molecular weight is 259 g/mol. The Bertz CT molecular complexity index is 437. The van der Waals surface area contributed by atoms with Crippen molar-refractivity contribution in [3.8, 4) is 0 Å². The van der Waals surface area contributed by atoms with Crippen molar-refractivity contribution in [3.05, 3.63) is 24.3 Å². The van der Waals surface area contributed by atoms with E-state index in [-0.39, 0.29) is 5.91 Å². The van der Waals surface area contributed by atoms with E-state index in [1.165, 1.54) is 12.8 Å². The molecule has 1 aromatic carbocycles. The Kier molecular flexibility index (Phi) is 3.69. The van der Waals surface area contributed by atoms with Crippen LogP contribution in [0, 0.1) is 0 Å². The molecule has 102 valence electrons. The first-order valence-corrected chi connectivity index (χ1v) is 7.20. The largest absolute Gasteiger partial charge is 0.383 e. The van der Waals surface area contributed by atoms with Crippen LogP contribution in [-0.2, 0) is 4.79 Å². The van der Waals surface area contributed by atoms with Gasteiger partial charge in [-0.05, 0) is 50.1 Å². The second-order valence-corrected chi connectivity index (χ2v) is 5.37. The highest BCUT2D eigenvalue weighted by Gasteiger charge is 2.21. The molecule has 1 atom stereocenters. The lowest BCUT2D eigenvalue weighted by Crippen LogP contribution is -2.29. The summed E-state index contributed by atoms with van der Waals surface area (Å²) in [6, 6.07) is 8.80. The summed E-state index contributed by atoms with van der Waals surface area (Å²) in [5.74, 6) is 0.246. The second kappa shape index (κ2) is 5.61. The lowest BCUT2D eigenvalue weighted by atomic mass is 10.2. The molecule has 4 nitrogen and oxygen atoms in total. The first-order chi connectivity index (χ1) is 9.33. The molecule has 4 heteroatoms. The molecule has 0 spiro atoms. The molecule has 0 bridgehead atoms. The van der Waals surface area contributed by atoms with Gasteiger partial charge in [-0.3, -0.25) is 4.79 Å². The van der Waals surface area contributed by atoms with Crippen molar-refractivity contribution in [2.45, 2.75) is 31.7 Å². The number of nitrogens with zero attached hydrogens (tertiary/aromatic N) is 1. The third-order valence-corrected chi connectivity index (χ3v) is 3.97. The molecule has 2 saturated heterocycles. The maximum absolute atomic E-state index is 11.7. The van der Waals surface area contributed by atoms with E-state index >= 15 is 0 Å². The zero-order valence-corrected chi connectivity index (χ0v) is 11.2. The molecule has 2 heterocycles. The Morgan fingerprint density at radius 1 is 1.26 bits per heavy atom. The summed E-state index contributed by atoms with van der Waals surface area (Å²) in [5.41, 5.74) is 2.15. The van der Waals surface area contributed by atoms with Gasteiger partial charge in [-0.25, -0.2) is 0 Å². The van der Waals surface area contributed by atoms with Crippen LogP contribution in [0.15, 0.2) is 24.3 Å². The predicted octanol–water partition coefficient (Wildman–Crippen LogP) is 1.98. The third kappa shape index (κ3) is 2.89. The summed E-state index contributed by atoms with van der Waals surface area (Å²) < 4.78 is 0. The van der Waals surface area contributed by atoms with Crippen LogP contribution in [0.5, 0.6) is 0 Å². The lowest BCUT2D eigenvalue weighted by molar-refractivity contribution is -0.117. The molecule has 0 aromatic heterocycles. The van der Waals surface area contributed by atoms with Crippen LogP contribution in [-0.4, -0.2) is 31.6 Å². The zero-order chi connectivity index (χ0) is 13.1. The first-order valence-electron chi connectivity index (χ1n) is 7.20. The normalized spacial score (nSPS) is 23.1. The molecule has 1 amide bonds. The van der Waals surface area contributed by atoms with Gasteiger partial charge >= 0.3 is 0 Å². The number of carbonyl (C=O) groups is 1. The van der Waals surface area contributed by atoms with E-state index in [1.54, 1.807) is 0 Å². The maximum Gasteiger partial charge on any atom is 0.227 e. The monoisotopic (exact) mass is 259 g/mol. The maximum atomic E-state index is 11.7. The Hall–Kier alpha value is -1.55. The van der Waals surface area contributed by atoms with Crippen molar-refractivity contribution in [3.63, 3.8) is 0 Å². The number of nitrogens with one attached hydrogen (secondary N) is 2. The SMILES string of the molecule is O=C1CCCN1c1ccc(NCC2CCCN2)cc1. The van der Waals surface area contributed by atoms with Gasteiger partial charge in [0.05, 0.1) is 0 Å². The minimum absolute atomic E-state index is 0.246. The number of rotatable bonds is 4. The van der Waals surface area contributed by atoms with Gasteiger partial charge in [0.1, 0.15) is 0 Å². The van der Waals surface area contributed by atoms with Gasteiger partial charge in [0.2, 0.25) is 5.91 Å². The summed E-state index contributed by atoms with van der Waals surface area (Å²) in [5, 5.41) is 6.92. The zero-order valence-electron chi connectivity index (χ0n) is 11.2. The highest BCUT2D eigenvalue weighted by Crippen LogP contribution is 2.23. The van der Waals surface area contributed by atoms with E-state index < -0.39 is 0 Å². The number of carbonyl (C=O) groups excluding carboxylic acids is 1. The Labute approximate surface area is 114 Å². The molecule has 0 saturated carbocycles. The summed E-state index contributed by atoms with van der Waals surface area (Å²) in [6.45, 7) is 2.97. The van der Waals surface area contributed by atoms with E-state index in [1.807, 2.05) is 17.0 Å². The van der Waals surface area contributed by atoms with Crippen molar-refractivity contribution in [1.82, 2.24) is 5.32 Å². The smallest absolute Gasteiger partial charge is 0.227 e. The first kappa shape index (κ1) is 12.5.